The number of carbonyl (C=O) groups is 2. The van der Waals surface area contributed by atoms with Gasteiger partial charge < -0.3 is 20.7 Å². The highest BCUT2D eigenvalue weighted by Crippen LogP contribution is 2.22. The van der Waals surface area contributed by atoms with Gasteiger partial charge in [-0.25, -0.2) is 13.2 Å². The lowest BCUT2D eigenvalue weighted by molar-refractivity contribution is -0.115. The van der Waals surface area contributed by atoms with Gasteiger partial charge in [-0.15, -0.1) is 0 Å². The van der Waals surface area contributed by atoms with Gasteiger partial charge in [-0.05, 0) is 42.8 Å². The van der Waals surface area contributed by atoms with Crippen molar-refractivity contribution in [1.82, 2.24) is 10.6 Å². The maximum absolute atomic E-state index is 12.0. The lowest BCUT2D eigenvalue weighted by Crippen LogP contribution is -2.45. The Morgan fingerprint density at radius 3 is 2.32 bits per heavy atom. The zero-order chi connectivity index (χ0) is 20.0. The van der Waals surface area contributed by atoms with Crippen molar-refractivity contribution in [2.45, 2.75) is 12.5 Å². The molecule has 0 saturated carbocycles. The summed E-state index contributed by atoms with van der Waals surface area (Å²) in [5, 5.41) is 7.64. The van der Waals surface area contributed by atoms with Gasteiger partial charge in [0.2, 0.25) is 5.91 Å². The SMILES string of the molecule is O=C(CNC(=O)N[C@@H]1CCS(=O)(=O)C1)Nc1ccc(Oc2ccccc2)cc1. The Kier molecular flexibility index (Phi) is 6.15. The van der Waals surface area contributed by atoms with Crippen molar-refractivity contribution in [3.63, 3.8) is 0 Å². The zero-order valence-corrected chi connectivity index (χ0v) is 15.9. The van der Waals surface area contributed by atoms with Crippen molar-refractivity contribution in [2.75, 3.05) is 23.4 Å². The first kappa shape index (κ1) is 19.7. The van der Waals surface area contributed by atoms with Crippen LogP contribution >= 0.6 is 0 Å². The second kappa shape index (κ2) is 8.75. The Morgan fingerprint density at radius 1 is 1.00 bits per heavy atom. The third-order valence-corrected chi connectivity index (χ3v) is 5.86. The van der Waals surface area contributed by atoms with E-state index >= 15 is 0 Å². The van der Waals surface area contributed by atoms with E-state index < -0.39 is 27.8 Å². The van der Waals surface area contributed by atoms with Gasteiger partial charge in [-0.3, -0.25) is 4.79 Å². The van der Waals surface area contributed by atoms with Crippen LogP contribution in [0.1, 0.15) is 6.42 Å². The molecule has 8 nitrogen and oxygen atoms in total. The average Bonchev–Trinajstić information content (AvgIpc) is 3.01. The van der Waals surface area contributed by atoms with Crippen molar-refractivity contribution >= 4 is 27.5 Å². The first-order valence-electron chi connectivity index (χ1n) is 8.77. The average molecular weight is 403 g/mol. The maximum atomic E-state index is 12.0. The van der Waals surface area contributed by atoms with E-state index in [4.69, 9.17) is 4.74 Å². The Bertz CT molecular complexity index is 930. The van der Waals surface area contributed by atoms with Crippen molar-refractivity contribution in [3.05, 3.63) is 54.6 Å². The second-order valence-corrected chi connectivity index (χ2v) is 8.64. The minimum atomic E-state index is -3.07. The fourth-order valence-corrected chi connectivity index (χ4v) is 4.42. The molecule has 1 aliphatic heterocycles. The molecule has 28 heavy (non-hydrogen) atoms. The van der Waals surface area contributed by atoms with E-state index in [9.17, 15) is 18.0 Å². The van der Waals surface area contributed by atoms with Gasteiger partial charge in [-0.1, -0.05) is 18.2 Å². The van der Waals surface area contributed by atoms with Crippen LogP contribution in [-0.2, 0) is 14.6 Å². The molecule has 0 unspecified atom stereocenters. The summed E-state index contributed by atoms with van der Waals surface area (Å²) in [5.74, 6) is 0.954. The summed E-state index contributed by atoms with van der Waals surface area (Å²) in [5.41, 5.74) is 0.564. The summed E-state index contributed by atoms with van der Waals surface area (Å²) < 4.78 is 28.4. The van der Waals surface area contributed by atoms with Crippen molar-refractivity contribution in [2.24, 2.45) is 0 Å². The highest BCUT2D eigenvalue weighted by atomic mass is 32.2. The van der Waals surface area contributed by atoms with Gasteiger partial charge in [0.05, 0.1) is 18.1 Å². The van der Waals surface area contributed by atoms with Crippen LogP contribution in [0.25, 0.3) is 0 Å². The van der Waals surface area contributed by atoms with Crippen LogP contribution in [0, 0.1) is 0 Å². The molecule has 2 aromatic rings. The first-order chi connectivity index (χ1) is 13.4. The topological polar surface area (TPSA) is 114 Å². The van der Waals surface area contributed by atoms with Crippen LogP contribution in [0.15, 0.2) is 54.6 Å². The summed E-state index contributed by atoms with van der Waals surface area (Å²) in [4.78, 5) is 23.7. The molecule has 0 radical (unpaired) electrons. The molecule has 2 aromatic carbocycles. The number of hydrogen-bond acceptors (Lipinski definition) is 5. The van der Waals surface area contributed by atoms with Gasteiger partial charge in [0, 0.05) is 11.7 Å². The quantitative estimate of drug-likeness (QED) is 0.682. The Hall–Kier alpha value is -3.07. The molecule has 0 aliphatic carbocycles. The predicted octanol–water partition coefficient (Wildman–Crippen LogP) is 1.90. The van der Waals surface area contributed by atoms with Crippen LogP contribution in [0.3, 0.4) is 0 Å². The monoisotopic (exact) mass is 403 g/mol. The Balaban J connectivity index is 1.41. The van der Waals surface area contributed by atoms with Crippen LogP contribution < -0.4 is 20.7 Å². The molecule has 3 rings (SSSR count). The van der Waals surface area contributed by atoms with Crippen molar-refractivity contribution in [1.29, 1.82) is 0 Å². The predicted molar refractivity (Wildman–Crippen MR) is 105 cm³/mol. The number of carbonyl (C=O) groups excluding carboxylic acids is 2. The molecule has 148 valence electrons. The van der Waals surface area contributed by atoms with Crippen LogP contribution in [0.4, 0.5) is 10.5 Å². The fourth-order valence-electron chi connectivity index (χ4n) is 2.74. The molecule has 1 fully saturated rings. The molecule has 0 aromatic heterocycles. The number of para-hydroxylation sites is 1. The molecule has 0 bridgehead atoms. The van der Waals surface area contributed by atoms with Gasteiger partial charge >= 0.3 is 6.03 Å². The smallest absolute Gasteiger partial charge is 0.315 e. The van der Waals surface area contributed by atoms with Gasteiger partial charge in [-0.2, -0.15) is 0 Å². The lowest BCUT2D eigenvalue weighted by atomic mass is 10.3. The molecule has 3 amide bonds. The van der Waals surface area contributed by atoms with E-state index in [2.05, 4.69) is 16.0 Å². The summed E-state index contributed by atoms with van der Waals surface area (Å²) in [7, 11) is -3.07. The minimum absolute atomic E-state index is 0.0655. The van der Waals surface area contributed by atoms with Crippen molar-refractivity contribution < 1.29 is 22.7 Å². The van der Waals surface area contributed by atoms with Gasteiger partial charge in [0.25, 0.3) is 0 Å². The molecule has 1 saturated heterocycles. The number of urea groups is 1. The third kappa shape index (κ3) is 5.98. The molecular weight excluding hydrogens is 382 g/mol. The summed E-state index contributed by atoms with van der Waals surface area (Å²) >= 11 is 0. The van der Waals surface area contributed by atoms with Crippen LogP contribution in [0.5, 0.6) is 11.5 Å². The number of benzene rings is 2. The summed E-state index contributed by atoms with van der Waals surface area (Å²) in [6, 6.07) is 15.2. The number of ether oxygens (including phenoxy) is 1. The van der Waals surface area contributed by atoms with Crippen molar-refractivity contribution in [3.8, 4) is 11.5 Å². The molecular formula is C19H21N3O5S. The molecule has 1 aliphatic rings. The van der Waals surface area contributed by atoms with Crippen LogP contribution in [0.2, 0.25) is 0 Å². The number of rotatable bonds is 6. The van der Waals surface area contributed by atoms with Gasteiger partial charge in [0.1, 0.15) is 11.5 Å². The van der Waals surface area contributed by atoms with E-state index in [0.29, 0.717) is 23.6 Å². The Labute approximate surface area is 163 Å². The zero-order valence-electron chi connectivity index (χ0n) is 15.1. The standard InChI is InChI=1S/C19H21N3O5S/c23-18(12-20-19(24)22-15-10-11-28(25,26)13-15)21-14-6-8-17(9-7-14)27-16-4-2-1-3-5-16/h1-9,15H,10-13H2,(H,21,23)(H2,20,22,24)/t15-/m1/s1. The first-order valence-corrected chi connectivity index (χ1v) is 10.6. The number of amides is 3. The van der Waals surface area contributed by atoms with E-state index in [-0.39, 0.29) is 18.1 Å². The summed E-state index contributed by atoms with van der Waals surface area (Å²) in [6.07, 6.45) is 0.388. The molecule has 9 heteroatoms. The number of nitrogens with one attached hydrogen (secondary N) is 3. The van der Waals surface area contributed by atoms with E-state index in [1.807, 2.05) is 30.3 Å². The summed E-state index contributed by atoms with van der Waals surface area (Å²) in [6.45, 7) is -0.229. The maximum Gasteiger partial charge on any atom is 0.315 e. The number of anilines is 1. The fraction of sp³-hybridized carbons (Fsp3) is 0.263. The largest absolute Gasteiger partial charge is 0.457 e. The number of hydrogen-bond donors (Lipinski definition) is 3. The third-order valence-electron chi connectivity index (χ3n) is 4.09. The highest BCUT2D eigenvalue weighted by Gasteiger charge is 2.28. The molecule has 0 spiro atoms. The normalized spacial score (nSPS) is 17.5. The lowest BCUT2D eigenvalue weighted by Gasteiger charge is -2.12. The minimum Gasteiger partial charge on any atom is -0.457 e. The van der Waals surface area contributed by atoms with E-state index in [1.54, 1.807) is 24.3 Å². The molecule has 1 atom stereocenters. The Morgan fingerprint density at radius 2 is 1.68 bits per heavy atom. The second-order valence-electron chi connectivity index (χ2n) is 6.41. The van der Waals surface area contributed by atoms with E-state index in [0.717, 1.165) is 0 Å². The molecule has 3 N–H and O–H groups in total. The highest BCUT2D eigenvalue weighted by molar-refractivity contribution is 7.91. The molecule has 1 heterocycles. The van der Waals surface area contributed by atoms with E-state index in [1.165, 1.54) is 0 Å². The van der Waals surface area contributed by atoms with Gasteiger partial charge in [0.15, 0.2) is 9.84 Å². The van der Waals surface area contributed by atoms with Crippen LogP contribution in [-0.4, -0.2) is 44.4 Å². The number of sulfone groups is 1.